The molecule has 74 valence electrons. The van der Waals surface area contributed by atoms with Gasteiger partial charge in [-0.2, -0.15) is 0 Å². The van der Waals surface area contributed by atoms with Crippen molar-refractivity contribution in [1.82, 2.24) is 10.2 Å². The summed E-state index contributed by atoms with van der Waals surface area (Å²) in [6.07, 6.45) is 0. The Morgan fingerprint density at radius 1 is 1.77 bits per heavy atom. The molecule has 13 heavy (non-hydrogen) atoms. The molecule has 1 heterocycles. The van der Waals surface area contributed by atoms with E-state index in [1.807, 2.05) is 0 Å². The van der Waals surface area contributed by atoms with Crippen LogP contribution in [0.25, 0.3) is 0 Å². The van der Waals surface area contributed by atoms with Gasteiger partial charge in [0.05, 0.1) is 12.5 Å². The van der Waals surface area contributed by atoms with Gasteiger partial charge in [-0.1, -0.05) is 0 Å². The van der Waals surface area contributed by atoms with Crippen LogP contribution < -0.4 is 5.32 Å². The molecule has 0 aromatic carbocycles. The molecule has 1 unspecified atom stereocenters. The first-order valence-corrected chi connectivity index (χ1v) is 4.30. The maximum atomic E-state index is 11.3. The number of hydrogen-bond donors (Lipinski definition) is 1. The molecule has 5 heteroatoms. The van der Waals surface area contributed by atoms with E-state index in [1.54, 1.807) is 14.0 Å². The molecule has 0 spiro atoms. The van der Waals surface area contributed by atoms with Crippen LogP contribution in [-0.4, -0.2) is 43.6 Å². The summed E-state index contributed by atoms with van der Waals surface area (Å²) < 4.78 is 4.85. The second-order valence-electron chi connectivity index (χ2n) is 3.02. The monoisotopic (exact) mass is 186 g/mol. The lowest BCUT2D eigenvalue weighted by atomic mass is 10.1. The molecule has 5 nitrogen and oxygen atoms in total. The zero-order valence-corrected chi connectivity index (χ0v) is 7.87. The molecule has 1 saturated heterocycles. The van der Waals surface area contributed by atoms with Crippen LogP contribution in [0.2, 0.25) is 0 Å². The average molecular weight is 186 g/mol. The van der Waals surface area contributed by atoms with Crippen LogP contribution in [0.1, 0.15) is 6.92 Å². The SMILES string of the molecule is CCOC(=O)C1CNC(=O)N(C)C1. The average Bonchev–Trinajstić information content (AvgIpc) is 2.10. The molecule has 0 saturated carbocycles. The molecule has 0 aromatic rings. The predicted molar refractivity (Wildman–Crippen MR) is 46.2 cm³/mol. The normalized spacial score (nSPS) is 22.5. The molecule has 1 aliphatic heterocycles. The number of nitrogens with one attached hydrogen (secondary N) is 1. The Bertz CT molecular complexity index is 217. The van der Waals surface area contributed by atoms with Crippen molar-refractivity contribution in [3.05, 3.63) is 0 Å². The van der Waals surface area contributed by atoms with Gasteiger partial charge < -0.3 is 15.0 Å². The molecule has 1 fully saturated rings. The summed E-state index contributed by atoms with van der Waals surface area (Å²) in [5, 5.41) is 2.61. The van der Waals surface area contributed by atoms with E-state index < -0.39 is 0 Å². The maximum absolute atomic E-state index is 11.3. The van der Waals surface area contributed by atoms with Gasteiger partial charge >= 0.3 is 12.0 Å². The van der Waals surface area contributed by atoms with E-state index in [0.717, 1.165) is 0 Å². The molecule has 1 aliphatic rings. The molecule has 1 N–H and O–H groups in total. The van der Waals surface area contributed by atoms with Gasteiger partial charge in [-0.05, 0) is 6.92 Å². The van der Waals surface area contributed by atoms with E-state index in [1.165, 1.54) is 4.90 Å². The highest BCUT2D eigenvalue weighted by Crippen LogP contribution is 2.06. The van der Waals surface area contributed by atoms with Crippen LogP contribution in [0.4, 0.5) is 4.79 Å². The standard InChI is InChI=1S/C8H14N2O3/c1-3-13-7(11)6-4-9-8(12)10(2)5-6/h6H,3-5H2,1-2H3,(H,9,12). The number of hydrogen-bond acceptors (Lipinski definition) is 3. The Kier molecular flexibility index (Phi) is 3.11. The van der Waals surface area contributed by atoms with Crippen LogP contribution in [0.5, 0.6) is 0 Å². The van der Waals surface area contributed by atoms with Crippen molar-refractivity contribution >= 4 is 12.0 Å². The molecule has 1 rings (SSSR count). The third-order valence-corrected chi connectivity index (χ3v) is 1.96. The number of carbonyl (C=O) groups excluding carboxylic acids is 2. The first kappa shape index (κ1) is 9.83. The number of nitrogens with zero attached hydrogens (tertiary/aromatic N) is 1. The maximum Gasteiger partial charge on any atom is 0.317 e. The summed E-state index contributed by atoms with van der Waals surface area (Å²) in [6, 6.07) is -0.138. The van der Waals surface area contributed by atoms with Gasteiger partial charge in [-0.25, -0.2) is 4.79 Å². The van der Waals surface area contributed by atoms with Gasteiger partial charge in [0.1, 0.15) is 0 Å². The van der Waals surface area contributed by atoms with Crippen molar-refractivity contribution < 1.29 is 14.3 Å². The third kappa shape index (κ3) is 2.34. The van der Waals surface area contributed by atoms with Crippen molar-refractivity contribution in [3.8, 4) is 0 Å². The Hall–Kier alpha value is -1.26. The zero-order chi connectivity index (χ0) is 9.84. The van der Waals surface area contributed by atoms with Gasteiger partial charge in [0.2, 0.25) is 0 Å². The summed E-state index contributed by atoms with van der Waals surface area (Å²) in [7, 11) is 1.65. The number of ether oxygens (including phenoxy) is 1. The van der Waals surface area contributed by atoms with Gasteiger partial charge in [0.25, 0.3) is 0 Å². The molecule has 1 atom stereocenters. The molecule has 0 aliphatic carbocycles. The van der Waals surface area contributed by atoms with Crippen molar-refractivity contribution in [1.29, 1.82) is 0 Å². The van der Waals surface area contributed by atoms with Gasteiger partial charge in [-0.15, -0.1) is 0 Å². The van der Waals surface area contributed by atoms with Crippen molar-refractivity contribution in [2.75, 3.05) is 26.7 Å². The summed E-state index contributed by atoms with van der Waals surface area (Å²) in [4.78, 5) is 23.7. The van der Waals surface area contributed by atoms with E-state index in [4.69, 9.17) is 4.74 Å². The van der Waals surface area contributed by atoms with Crippen LogP contribution in [0, 0.1) is 5.92 Å². The van der Waals surface area contributed by atoms with Crippen LogP contribution >= 0.6 is 0 Å². The van der Waals surface area contributed by atoms with Gasteiger partial charge in [-0.3, -0.25) is 4.79 Å². The fourth-order valence-electron chi connectivity index (χ4n) is 1.24. The number of carbonyl (C=O) groups is 2. The fourth-order valence-corrected chi connectivity index (χ4v) is 1.24. The molecular formula is C8H14N2O3. The third-order valence-electron chi connectivity index (χ3n) is 1.96. The number of esters is 1. The number of urea groups is 1. The Balaban J connectivity index is 2.45. The largest absolute Gasteiger partial charge is 0.466 e. The van der Waals surface area contributed by atoms with E-state index >= 15 is 0 Å². The fraction of sp³-hybridized carbons (Fsp3) is 0.750. The number of amides is 2. The predicted octanol–water partition coefficient (Wildman–Crippen LogP) is -0.179. The highest BCUT2D eigenvalue weighted by molar-refractivity contribution is 5.79. The Labute approximate surface area is 77.0 Å². The van der Waals surface area contributed by atoms with Crippen molar-refractivity contribution in [2.45, 2.75) is 6.92 Å². The zero-order valence-electron chi connectivity index (χ0n) is 7.87. The molecule has 0 aromatic heterocycles. The lowest BCUT2D eigenvalue weighted by Crippen LogP contribution is -2.51. The Morgan fingerprint density at radius 3 is 3.00 bits per heavy atom. The minimum Gasteiger partial charge on any atom is -0.466 e. The minimum atomic E-state index is -0.241. The highest BCUT2D eigenvalue weighted by Gasteiger charge is 2.28. The summed E-state index contributed by atoms with van der Waals surface area (Å²) in [5.41, 5.74) is 0. The highest BCUT2D eigenvalue weighted by atomic mass is 16.5. The van der Waals surface area contributed by atoms with E-state index in [0.29, 0.717) is 19.7 Å². The van der Waals surface area contributed by atoms with E-state index in [-0.39, 0.29) is 17.9 Å². The van der Waals surface area contributed by atoms with E-state index in [9.17, 15) is 9.59 Å². The summed E-state index contributed by atoms with van der Waals surface area (Å²) in [5.74, 6) is -0.475. The lowest BCUT2D eigenvalue weighted by molar-refractivity contribution is -0.148. The van der Waals surface area contributed by atoms with Crippen molar-refractivity contribution in [3.63, 3.8) is 0 Å². The first-order chi connectivity index (χ1) is 6.15. The van der Waals surface area contributed by atoms with Crippen LogP contribution in [0.15, 0.2) is 0 Å². The second-order valence-corrected chi connectivity index (χ2v) is 3.02. The molecule has 0 radical (unpaired) electrons. The molecule has 2 amide bonds. The van der Waals surface area contributed by atoms with Gasteiger partial charge in [0, 0.05) is 20.1 Å². The molecule has 0 bridgehead atoms. The van der Waals surface area contributed by atoms with Gasteiger partial charge in [0.15, 0.2) is 0 Å². The quantitative estimate of drug-likeness (QED) is 0.609. The van der Waals surface area contributed by atoms with Crippen molar-refractivity contribution in [2.24, 2.45) is 5.92 Å². The van der Waals surface area contributed by atoms with Crippen LogP contribution in [0.3, 0.4) is 0 Å². The summed E-state index contributed by atoms with van der Waals surface area (Å²) in [6.45, 7) is 2.96. The number of rotatable bonds is 2. The molecular weight excluding hydrogens is 172 g/mol. The topological polar surface area (TPSA) is 58.6 Å². The minimum absolute atomic E-state index is 0.138. The first-order valence-electron chi connectivity index (χ1n) is 4.30. The second kappa shape index (κ2) is 4.11. The van der Waals surface area contributed by atoms with Crippen LogP contribution in [-0.2, 0) is 9.53 Å². The smallest absolute Gasteiger partial charge is 0.317 e. The van der Waals surface area contributed by atoms with E-state index in [2.05, 4.69) is 5.32 Å². The Morgan fingerprint density at radius 2 is 2.46 bits per heavy atom. The summed E-state index contributed by atoms with van der Waals surface area (Å²) >= 11 is 0. The lowest BCUT2D eigenvalue weighted by Gasteiger charge is -2.28.